The van der Waals surface area contributed by atoms with Gasteiger partial charge in [-0.3, -0.25) is 27.6 Å². The number of aliphatic carboxylic acids is 2. The summed E-state index contributed by atoms with van der Waals surface area (Å²) >= 11 is 4.98. The molecule has 0 aliphatic heterocycles. The maximum Gasteiger partial charge on any atom is 1.00 e. The summed E-state index contributed by atoms with van der Waals surface area (Å²) in [6, 6.07) is 0. The quantitative estimate of drug-likeness (QED) is 0.00497. The number of carbonyl (C=O) groups excluding carboxylic acids is 4. The zero-order chi connectivity index (χ0) is 90.5. The molecule has 58 nitrogen and oxygen atoms in total. The minimum atomic E-state index is -6.20. The molecule has 0 amide bonds. The Kier molecular flexibility index (Phi) is 64.0. The van der Waals surface area contributed by atoms with Gasteiger partial charge in [-0.15, -0.1) is 11.6 Å². The van der Waals surface area contributed by atoms with E-state index in [4.69, 9.17) is 100.0 Å². The van der Waals surface area contributed by atoms with Gasteiger partial charge in [0.1, 0.15) is 101 Å². The van der Waals surface area contributed by atoms with Crippen molar-refractivity contribution >= 4 is 125 Å². The molecule has 0 bridgehead atoms. The molecule has 0 fully saturated rings. The van der Waals surface area contributed by atoms with Crippen molar-refractivity contribution in [1.82, 2.24) is 32.1 Å². The number of carboxylic acid groups (broad SMARTS) is 2. The van der Waals surface area contributed by atoms with Gasteiger partial charge in [-0.25, -0.2) is 74.6 Å². The second-order valence-corrected chi connectivity index (χ2v) is 45.0. The van der Waals surface area contributed by atoms with Crippen molar-refractivity contribution in [2.24, 2.45) is 0 Å². The summed E-state index contributed by atoms with van der Waals surface area (Å²) in [6.45, 7) is 2.45. The van der Waals surface area contributed by atoms with E-state index in [1.54, 1.807) is 44.8 Å². The van der Waals surface area contributed by atoms with E-state index in [9.17, 15) is 105 Å². The minimum Gasteiger partial charge on any atom is -1.00 e. The molecule has 0 spiro atoms. The van der Waals surface area contributed by atoms with Crippen molar-refractivity contribution in [2.75, 3.05) is 34.3 Å². The fourth-order valence-corrected chi connectivity index (χ4v) is 15.1. The van der Waals surface area contributed by atoms with Crippen LogP contribution in [0.15, 0.2) is 112 Å². The molecule has 6 heterocycles. The Balaban J connectivity index is -0.000000176. The van der Waals surface area contributed by atoms with Crippen LogP contribution in [0.4, 0.5) is 0 Å². The van der Waals surface area contributed by atoms with E-state index < -0.39 is 161 Å². The van der Waals surface area contributed by atoms with Crippen molar-refractivity contribution in [3.8, 4) is 0 Å². The summed E-state index contributed by atoms with van der Waals surface area (Å²) in [7, 11) is -43.8. The Hall–Kier alpha value is -4.31. The van der Waals surface area contributed by atoms with Gasteiger partial charge in [0.15, 0.2) is 67.1 Å². The number of rotatable bonds is 30. The molecule has 0 saturated heterocycles. The topological polar surface area (TPSA) is 939 Å². The number of hydrogen-bond acceptors (Lipinski definition) is 32. The third kappa shape index (κ3) is 48.7. The average molecular weight is 2080 g/mol. The fourth-order valence-electron chi connectivity index (χ4n) is 7.31. The molecule has 0 radical (unpaired) electrons. The van der Waals surface area contributed by atoms with Crippen molar-refractivity contribution in [1.29, 1.82) is 0 Å². The molecule has 6 aromatic rings. The standard InChI is InChI=1S/C9H13N2O4.C8H17N2O11P3.C8H10N2O4.C7H15N2O11P3.C7H12N2O9P2.C6H12N2Si.C3H5ClO2.4ClH.Na.HO3P.2H2O/c1-14-8(12)5-10-3-4-11(7-10)6-9(13)15-2;1-7(11,22(13,14)15)4-9-2-3-10(6-9)5-8(12,23(16,17)18)24(19,20)21;1-14-8(13)5-10-3-2-9(6-10)4-7(11)12;10-6(21(12,13)14)3-8-1-2-9(5-8)4-7(11,22(15,16)17)23(18,19)20;10-6(11)3-8-1-2-9(5-8)4-7(12,19(13,14)15)20(16,17)18;1-9(2,3)8-5-4-7-6-8;1-6-3(5)2-4;;;;;;1-4(2)3;;/h3-4,7H,5-6H2,1-2H3;2-3,6,11-12H,4-5H2,1H3,(H5-,13,14,15,16,17,18,19,20,21);2-3,6H,4-5H2,1H3;1-2,5-6,10-11H,3-4H2,(H5-,12,13,14,15,16,17,18,19,20);1-2,5,12H,3-4H2,(H4-,10,11,13,14,15,16,17,18);4-6H,1-3H3;2H2,1H3;4*1H;;(H,1,2,3);2*1H2/q+1;;;;;;;;;;;+1;;;/p-6. The molecule has 5 unspecified atom stereocenters. The number of aromatic nitrogens is 12. The predicted octanol–water partition coefficient (Wildman–Crippen LogP) is -27.2. The molecule has 122 heavy (non-hydrogen) atoms. The number of esters is 4. The molecule has 6 aromatic heterocycles. The van der Waals surface area contributed by atoms with Crippen LogP contribution in [0.25, 0.3) is 0 Å². The molecule has 0 aromatic carbocycles. The van der Waals surface area contributed by atoms with Crippen molar-refractivity contribution in [3.05, 3.63) is 112 Å². The average Bonchev–Trinajstić information content (AvgIpc) is 1.01. The minimum absolute atomic E-state index is 0. The Morgan fingerprint density at radius 3 is 1.05 bits per heavy atom. The molecular weight excluding hydrogens is 1990 g/mol. The Morgan fingerprint density at radius 1 is 0.500 bits per heavy atom. The molecule has 704 valence electrons. The maximum absolute atomic E-state index is 11.3. The number of imidazole rings is 6. The summed E-state index contributed by atoms with van der Waals surface area (Å²) in [4.78, 5) is 235. The van der Waals surface area contributed by atoms with Crippen LogP contribution in [-0.2, 0) is 154 Å². The summed E-state index contributed by atoms with van der Waals surface area (Å²) in [5.41, 5.74) is 0. The summed E-state index contributed by atoms with van der Waals surface area (Å²) < 4.78 is 128. The van der Waals surface area contributed by atoms with Crippen LogP contribution >= 0.6 is 80.6 Å². The second-order valence-electron chi connectivity index (χ2n) is 23.7. The molecule has 74 heteroatoms. The van der Waals surface area contributed by atoms with Crippen LogP contribution in [0.2, 0.25) is 19.6 Å². The number of halogens is 5. The van der Waals surface area contributed by atoms with Crippen LogP contribution in [0.3, 0.4) is 0 Å². The van der Waals surface area contributed by atoms with E-state index in [2.05, 4.69) is 47.8 Å². The Morgan fingerprint density at radius 2 is 0.795 bits per heavy atom. The van der Waals surface area contributed by atoms with Crippen LogP contribution in [0.5, 0.6) is 0 Å². The number of ether oxygens (including phenoxy) is 4. The summed E-state index contributed by atoms with van der Waals surface area (Å²) in [6.07, 6.45) is 24.7. The van der Waals surface area contributed by atoms with Gasteiger partial charge in [0, 0.05) is 12.4 Å². The number of methoxy groups -OCH3 is 4. The maximum atomic E-state index is 11.3. The molecule has 6 rings (SSSR count). The molecule has 0 aliphatic rings. The number of alkyl halides is 1. The van der Waals surface area contributed by atoms with Gasteiger partial charge in [0.05, 0.1) is 34.8 Å². The SMILES string of the molecule is CC(O)(C[n+]1ccn(CC(O)(P(=O)(O)O)P(=O)(O)O)c1)P(=O)(O)O.COC(=O)CCl.COC(=O)Cn1cc[n+](CC(=O)O)c1.COC(=O)Cn1cc[n+](CC(=O)OC)c1.C[Si](C)(C)n1ccnc1.O.O=C(O)C[n+]1ccn(CC(O)(P(=O)(O)O)P(=O)(O)O)c1.O=P([O-])(O)C(O)Cn1cc[n+](CC(O)(P(=O)([O-])[O-])P(=O)([O-])O)c1.O=[P+]([O-])[O-].[Cl-].[Cl-].[Cl-].[Cl-].[Na+].[OH-]. The first-order chi connectivity index (χ1) is 51.8. The van der Waals surface area contributed by atoms with Crippen molar-refractivity contribution < 1.29 is 326 Å². The van der Waals surface area contributed by atoms with Crippen molar-refractivity contribution in [3.63, 3.8) is 0 Å². The van der Waals surface area contributed by atoms with Crippen LogP contribution in [0.1, 0.15) is 6.92 Å². The van der Waals surface area contributed by atoms with E-state index in [0.29, 0.717) is 4.57 Å². The molecule has 5 atom stereocenters. The zero-order valence-electron chi connectivity index (χ0n) is 64.2. The van der Waals surface area contributed by atoms with Gasteiger partial charge in [-0.1, -0.05) is 24.2 Å². The van der Waals surface area contributed by atoms with Gasteiger partial charge in [0.25, 0.3) is 8.25 Å². The zero-order valence-corrected chi connectivity index (χ0v) is 79.0. The molecule has 22 N–H and O–H groups in total. The van der Waals surface area contributed by atoms with Gasteiger partial charge >= 0.3 is 114 Å². The van der Waals surface area contributed by atoms with E-state index in [1.807, 2.05) is 18.7 Å². The first-order valence-corrected chi connectivity index (χ1v) is 47.9. The van der Waals surface area contributed by atoms with E-state index in [0.717, 1.165) is 79.7 Å². The first-order valence-electron chi connectivity index (χ1n) is 30.0. The summed E-state index contributed by atoms with van der Waals surface area (Å²) in [5.74, 6) is -5.81. The van der Waals surface area contributed by atoms with Crippen molar-refractivity contribution in [2.45, 2.75) is 118 Å². The number of carbonyl (C=O) groups is 6. The van der Waals surface area contributed by atoms with Crippen LogP contribution in [-0.4, -0.2) is 242 Å². The Labute approximate surface area is 742 Å². The van der Waals surface area contributed by atoms with E-state index >= 15 is 0 Å². The fraction of sp³-hybridized carbons (Fsp3) is 0.500. The predicted molar refractivity (Wildman–Crippen MR) is 370 cm³/mol. The van der Waals surface area contributed by atoms with Crippen LogP contribution < -0.4 is 131 Å². The first kappa shape index (κ1) is 136. The second kappa shape index (κ2) is 57.6. The Bertz CT molecular complexity index is 4480. The van der Waals surface area contributed by atoms with E-state index in [1.165, 1.54) is 45.5 Å². The van der Waals surface area contributed by atoms with Gasteiger partial charge < -0.3 is 221 Å². The molecule has 0 aliphatic carbocycles. The number of aliphatic hydroxyl groups excluding tert-OH is 1. The third-order valence-electron chi connectivity index (χ3n) is 13.4. The van der Waals surface area contributed by atoms with Gasteiger partial charge in [-0.2, -0.15) is 0 Å². The number of nitrogens with zero attached hydrogens (tertiary/aromatic N) is 12. The number of carboxylic acids is 2. The van der Waals surface area contributed by atoms with E-state index in [-0.39, 0.29) is 140 Å². The number of aliphatic hydroxyl groups is 5. The van der Waals surface area contributed by atoms with Crippen LogP contribution in [0, 0.1) is 0 Å². The van der Waals surface area contributed by atoms with Gasteiger partial charge in [-0.05, 0) is 14.5 Å². The third-order valence-corrected chi connectivity index (χ3v) is 28.7. The molecular formula is C48H87Cl5N12NaO46P9Si-4. The smallest absolute Gasteiger partial charge is 1.00 e. The number of hydrogen-bond donors (Lipinski definition) is 19. The summed E-state index contributed by atoms with van der Waals surface area (Å²) in [5, 5.41) is 51.1. The normalized spacial score (nSPS) is 13.4. The molecule has 0 saturated carbocycles. The monoisotopic (exact) mass is 2070 g/mol. The largest absolute Gasteiger partial charge is 1.00 e. The van der Waals surface area contributed by atoms with Gasteiger partial charge in [0.2, 0.25) is 37.0 Å².